The predicted octanol–water partition coefficient (Wildman–Crippen LogP) is 2.98. The van der Waals surface area contributed by atoms with Gasteiger partial charge in [-0.1, -0.05) is 48.6 Å². The molecule has 5 nitrogen and oxygen atoms in total. The molecule has 2 atom stereocenters. The van der Waals surface area contributed by atoms with Crippen molar-refractivity contribution in [2.75, 3.05) is 0 Å². The molecular weight excluding hydrogens is 384 g/mol. The first kappa shape index (κ1) is 19.8. The van der Waals surface area contributed by atoms with Crippen LogP contribution in [0, 0.1) is 5.92 Å². The van der Waals surface area contributed by atoms with Gasteiger partial charge in [-0.2, -0.15) is 0 Å². The van der Waals surface area contributed by atoms with Gasteiger partial charge in [-0.25, -0.2) is 16.8 Å². The van der Waals surface area contributed by atoms with Crippen molar-refractivity contribution in [3.63, 3.8) is 0 Å². The summed E-state index contributed by atoms with van der Waals surface area (Å²) in [5, 5.41) is 9.62. The Kier molecular flexibility index (Phi) is 5.83. The van der Waals surface area contributed by atoms with Crippen LogP contribution in [0.2, 0.25) is 0 Å². The van der Waals surface area contributed by atoms with Crippen LogP contribution >= 0.6 is 0 Å². The third-order valence-corrected chi connectivity index (χ3v) is 9.99. The Hall–Kier alpha value is -1.96. The second-order valence-electron chi connectivity index (χ2n) is 6.67. The summed E-state index contributed by atoms with van der Waals surface area (Å²) < 4.78 is 51.1. The number of rotatable bonds is 7. The summed E-state index contributed by atoms with van der Waals surface area (Å²) in [6.07, 6.45) is 3.77. The van der Waals surface area contributed by atoms with E-state index in [0.29, 0.717) is 12.8 Å². The third-order valence-electron chi connectivity index (χ3n) is 4.76. The summed E-state index contributed by atoms with van der Waals surface area (Å²) in [5.74, 6) is -0.0283. The largest absolute Gasteiger partial charge is 0.389 e. The molecule has 2 aromatic rings. The van der Waals surface area contributed by atoms with Crippen LogP contribution in [0.25, 0.3) is 0 Å². The molecule has 0 spiro atoms. The molecule has 0 amide bonds. The molecule has 0 radical (unpaired) electrons. The Labute approximate surface area is 160 Å². The van der Waals surface area contributed by atoms with Crippen molar-refractivity contribution in [1.82, 2.24) is 0 Å². The van der Waals surface area contributed by atoms with Gasteiger partial charge < -0.3 is 5.11 Å². The van der Waals surface area contributed by atoms with Crippen LogP contribution in [0.5, 0.6) is 0 Å². The maximum atomic E-state index is 13.2. The van der Waals surface area contributed by atoms with Crippen molar-refractivity contribution in [2.24, 2.45) is 5.92 Å². The first-order chi connectivity index (χ1) is 12.8. The van der Waals surface area contributed by atoms with Gasteiger partial charge in [0, 0.05) is 0 Å². The van der Waals surface area contributed by atoms with E-state index in [0.717, 1.165) is 0 Å². The summed E-state index contributed by atoms with van der Waals surface area (Å²) >= 11 is 0. The number of aliphatic hydroxyl groups excluding tert-OH is 1. The molecule has 0 bridgehead atoms. The fourth-order valence-electron chi connectivity index (χ4n) is 3.32. The lowest BCUT2D eigenvalue weighted by Gasteiger charge is -2.20. The molecule has 0 fully saturated rings. The Balaban J connectivity index is 1.97. The van der Waals surface area contributed by atoms with E-state index in [-0.39, 0.29) is 22.1 Å². The van der Waals surface area contributed by atoms with Crippen LogP contribution in [0.3, 0.4) is 0 Å². The number of allylic oxidation sites excluding steroid dienone is 1. The van der Waals surface area contributed by atoms with E-state index in [1.807, 2.05) is 6.08 Å². The van der Waals surface area contributed by atoms with Gasteiger partial charge in [0.2, 0.25) is 0 Å². The Morgan fingerprint density at radius 2 is 1.30 bits per heavy atom. The van der Waals surface area contributed by atoms with E-state index >= 15 is 0 Å². The van der Waals surface area contributed by atoms with E-state index in [1.54, 1.807) is 42.5 Å². The molecule has 0 unspecified atom stereocenters. The van der Waals surface area contributed by atoms with Crippen molar-refractivity contribution >= 4 is 19.7 Å². The standard InChI is InChI=1S/C20H22O5S2/c21-17-13-11-16(15-17)12-14-20(26(22,23)18-7-3-1-4-8-18)27(24,25)19-9-5-2-6-10-19/h1-11,13,16-17,20-21H,12,14-15H2/t16-,17+/m1/s1. The number of hydrogen-bond acceptors (Lipinski definition) is 5. The van der Waals surface area contributed by atoms with Crippen LogP contribution < -0.4 is 0 Å². The van der Waals surface area contributed by atoms with Crippen LogP contribution in [-0.4, -0.2) is 32.6 Å². The molecule has 7 heteroatoms. The highest BCUT2D eigenvalue weighted by Gasteiger charge is 2.40. The number of sulfone groups is 2. The van der Waals surface area contributed by atoms with E-state index in [2.05, 4.69) is 0 Å². The summed E-state index contributed by atoms with van der Waals surface area (Å²) in [6.45, 7) is 0. The third kappa shape index (κ3) is 4.31. The van der Waals surface area contributed by atoms with Crippen molar-refractivity contribution in [1.29, 1.82) is 0 Å². The summed E-state index contributed by atoms with van der Waals surface area (Å²) in [5.41, 5.74) is 0. The van der Waals surface area contributed by atoms with Gasteiger partial charge >= 0.3 is 0 Å². The van der Waals surface area contributed by atoms with Gasteiger partial charge in [0.1, 0.15) is 0 Å². The highest BCUT2D eigenvalue weighted by molar-refractivity contribution is 8.09. The van der Waals surface area contributed by atoms with Crippen LogP contribution in [0.4, 0.5) is 0 Å². The smallest absolute Gasteiger partial charge is 0.195 e. The van der Waals surface area contributed by atoms with Gasteiger partial charge in [-0.3, -0.25) is 0 Å². The van der Waals surface area contributed by atoms with Crippen LogP contribution in [-0.2, 0) is 19.7 Å². The first-order valence-corrected chi connectivity index (χ1v) is 11.9. The average molecular weight is 407 g/mol. The molecule has 3 rings (SSSR count). The fraction of sp³-hybridized carbons (Fsp3) is 0.300. The Morgan fingerprint density at radius 3 is 1.70 bits per heavy atom. The van der Waals surface area contributed by atoms with Crippen molar-refractivity contribution < 1.29 is 21.9 Å². The quantitative estimate of drug-likeness (QED) is 0.714. The molecule has 0 heterocycles. The topological polar surface area (TPSA) is 88.5 Å². The SMILES string of the molecule is O=S(=O)(c1ccccc1)C(CC[C@H]1C=C[C@H](O)C1)S(=O)(=O)c1ccccc1. The summed E-state index contributed by atoms with van der Waals surface area (Å²) in [7, 11) is -8.17. The fourth-order valence-corrected chi connectivity index (χ4v) is 7.89. The number of benzene rings is 2. The lowest BCUT2D eigenvalue weighted by Crippen LogP contribution is -2.31. The lowest BCUT2D eigenvalue weighted by atomic mass is 10.0. The Bertz CT molecular complexity index is 927. The molecule has 0 saturated heterocycles. The second-order valence-corrected chi connectivity index (χ2v) is 11.2. The predicted molar refractivity (Wildman–Crippen MR) is 104 cm³/mol. The summed E-state index contributed by atoms with van der Waals surface area (Å²) in [6, 6.07) is 15.4. The molecule has 0 saturated carbocycles. The normalized spacial score (nSPS) is 20.2. The number of hydrogen-bond donors (Lipinski definition) is 1. The number of aliphatic hydroxyl groups is 1. The first-order valence-electron chi connectivity index (χ1n) is 8.76. The Morgan fingerprint density at radius 1 is 0.815 bits per heavy atom. The van der Waals surface area contributed by atoms with E-state index < -0.39 is 30.4 Å². The highest BCUT2D eigenvalue weighted by atomic mass is 32.3. The molecule has 2 aromatic carbocycles. The monoisotopic (exact) mass is 406 g/mol. The van der Waals surface area contributed by atoms with Crippen LogP contribution in [0.1, 0.15) is 19.3 Å². The molecular formula is C20H22O5S2. The molecule has 27 heavy (non-hydrogen) atoms. The lowest BCUT2D eigenvalue weighted by molar-refractivity contribution is 0.208. The average Bonchev–Trinajstić information content (AvgIpc) is 3.08. The second kappa shape index (κ2) is 7.96. The minimum absolute atomic E-state index is 0.00324. The minimum Gasteiger partial charge on any atom is -0.389 e. The maximum Gasteiger partial charge on any atom is 0.195 e. The molecule has 0 aliphatic heterocycles. The molecule has 1 N–H and O–H groups in total. The summed E-state index contributed by atoms with van der Waals surface area (Å²) in [4.78, 5) is -0.00647. The zero-order valence-corrected chi connectivity index (χ0v) is 16.3. The highest BCUT2D eigenvalue weighted by Crippen LogP contribution is 2.32. The molecule has 0 aromatic heterocycles. The van der Waals surface area contributed by atoms with Gasteiger partial charge in [-0.15, -0.1) is 0 Å². The van der Waals surface area contributed by atoms with Crippen molar-refractivity contribution in [3.8, 4) is 0 Å². The maximum absolute atomic E-state index is 13.2. The van der Waals surface area contributed by atoms with E-state index in [4.69, 9.17) is 0 Å². The minimum atomic E-state index is -4.09. The van der Waals surface area contributed by atoms with E-state index in [1.165, 1.54) is 24.3 Å². The molecule has 1 aliphatic carbocycles. The van der Waals surface area contributed by atoms with E-state index in [9.17, 15) is 21.9 Å². The molecule has 144 valence electrons. The van der Waals surface area contributed by atoms with Crippen molar-refractivity contribution in [3.05, 3.63) is 72.8 Å². The van der Waals surface area contributed by atoms with Gasteiger partial charge in [0.15, 0.2) is 24.3 Å². The van der Waals surface area contributed by atoms with Gasteiger partial charge in [0.25, 0.3) is 0 Å². The zero-order chi connectivity index (χ0) is 19.5. The van der Waals surface area contributed by atoms with Gasteiger partial charge in [0.05, 0.1) is 15.9 Å². The molecule has 1 aliphatic rings. The zero-order valence-electron chi connectivity index (χ0n) is 14.7. The van der Waals surface area contributed by atoms with Crippen LogP contribution in [0.15, 0.2) is 82.6 Å². The van der Waals surface area contributed by atoms with Gasteiger partial charge in [-0.05, 0) is 49.4 Å². The van der Waals surface area contributed by atoms with Crippen molar-refractivity contribution in [2.45, 2.75) is 39.7 Å².